The lowest BCUT2D eigenvalue weighted by Crippen LogP contribution is -2.27. The smallest absolute Gasteiger partial charge is 0.332 e. The summed E-state index contributed by atoms with van der Waals surface area (Å²) in [5.74, 6) is -0.855. The van der Waals surface area contributed by atoms with Crippen molar-refractivity contribution in [2.75, 3.05) is 165 Å². The molecule has 0 unspecified atom stereocenters. The van der Waals surface area contributed by atoms with Crippen LogP contribution in [0.2, 0.25) is 0 Å². The average molecular weight is 715 g/mol. The van der Waals surface area contributed by atoms with Crippen molar-refractivity contribution in [1.29, 1.82) is 0 Å². The molecule has 290 valence electrons. The average Bonchev–Trinajstić information content (AvgIpc) is 3.06. The number of rotatable bonds is 39. The lowest BCUT2D eigenvalue weighted by molar-refractivity contribution is -0.160. The maximum Gasteiger partial charge on any atom is 0.332 e. The van der Waals surface area contributed by atoms with Gasteiger partial charge in [0.2, 0.25) is 0 Å². The van der Waals surface area contributed by atoms with Crippen LogP contribution >= 0.6 is 0 Å². The van der Waals surface area contributed by atoms with E-state index in [2.05, 4.69) is 6.58 Å². The van der Waals surface area contributed by atoms with Crippen LogP contribution in [0.4, 0.5) is 0 Å². The molecule has 0 aliphatic heterocycles. The fourth-order valence-corrected chi connectivity index (χ4v) is 3.21. The van der Waals surface area contributed by atoms with Gasteiger partial charge in [0.1, 0.15) is 18.8 Å². The molecule has 0 aliphatic carbocycles. The molecule has 49 heavy (non-hydrogen) atoms. The van der Waals surface area contributed by atoms with Crippen molar-refractivity contribution >= 4 is 11.9 Å². The lowest BCUT2D eigenvalue weighted by atomic mass is 10.2. The standard InChI is InChI=1S/C33H62O16/c1-5-31(34)48-29-28-46-25-24-44-21-20-42-17-16-40-13-12-38-9-8-36-6-7-37-10-11-39-14-15-41-18-19-43-22-23-45-26-27-47-30-32(35)49-33(2,3)4/h5H,1,6-30H2,2-4H3. The molecule has 0 aliphatic rings. The van der Waals surface area contributed by atoms with Gasteiger partial charge in [-0.1, -0.05) is 6.58 Å². The molecule has 0 aromatic carbocycles. The molecular weight excluding hydrogens is 652 g/mol. The monoisotopic (exact) mass is 714 g/mol. The summed E-state index contributed by atoms with van der Waals surface area (Å²) in [4.78, 5) is 22.3. The minimum atomic E-state index is -0.515. The van der Waals surface area contributed by atoms with Crippen LogP contribution in [0.1, 0.15) is 20.8 Å². The highest BCUT2D eigenvalue weighted by molar-refractivity contribution is 5.81. The Kier molecular flexibility index (Phi) is 36.1. The summed E-state index contributed by atoms with van der Waals surface area (Å²) in [7, 11) is 0. The molecule has 16 nitrogen and oxygen atoms in total. The highest BCUT2D eigenvalue weighted by Crippen LogP contribution is 2.06. The fraction of sp³-hybridized carbons (Fsp3) is 0.879. The third kappa shape index (κ3) is 42.3. The van der Waals surface area contributed by atoms with Crippen molar-refractivity contribution in [3.8, 4) is 0 Å². The molecule has 0 spiro atoms. The summed E-state index contributed by atoms with van der Waals surface area (Å²) >= 11 is 0. The molecule has 0 N–H and O–H groups in total. The van der Waals surface area contributed by atoms with Crippen LogP contribution in [0.25, 0.3) is 0 Å². The number of ether oxygens (including phenoxy) is 14. The van der Waals surface area contributed by atoms with Crippen LogP contribution < -0.4 is 0 Å². The van der Waals surface area contributed by atoms with Gasteiger partial charge >= 0.3 is 11.9 Å². The zero-order valence-corrected chi connectivity index (χ0v) is 30.0. The predicted molar refractivity (Wildman–Crippen MR) is 177 cm³/mol. The zero-order chi connectivity index (χ0) is 35.9. The van der Waals surface area contributed by atoms with Gasteiger partial charge in [0.25, 0.3) is 0 Å². The number of carbonyl (C=O) groups is 2. The van der Waals surface area contributed by atoms with E-state index in [1.165, 1.54) is 0 Å². The Bertz CT molecular complexity index is 734. The first kappa shape index (κ1) is 47.2. The van der Waals surface area contributed by atoms with Crippen LogP contribution in [0.3, 0.4) is 0 Å². The summed E-state index contributed by atoms with van der Waals surface area (Å²) < 4.78 is 74.8. The van der Waals surface area contributed by atoms with Crippen LogP contribution in [0.15, 0.2) is 12.7 Å². The second-order valence-electron chi connectivity index (χ2n) is 10.7. The first-order valence-electron chi connectivity index (χ1n) is 16.8. The second kappa shape index (κ2) is 37.5. The van der Waals surface area contributed by atoms with Gasteiger partial charge in [-0.3, -0.25) is 0 Å². The van der Waals surface area contributed by atoms with Gasteiger partial charge < -0.3 is 66.3 Å². The summed E-state index contributed by atoms with van der Waals surface area (Å²) in [6.07, 6.45) is 1.11. The molecule has 0 atom stereocenters. The highest BCUT2D eigenvalue weighted by Gasteiger charge is 2.15. The summed E-state index contributed by atoms with van der Waals surface area (Å²) in [5.41, 5.74) is -0.515. The van der Waals surface area contributed by atoms with Crippen LogP contribution in [-0.2, 0) is 75.9 Å². The van der Waals surface area contributed by atoms with E-state index in [1.807, 2.05) is 20.8 Å². The Labute approximate surface area is 292 Å². The van der Waals surface area contributed by atoms with Crippen molar-refractivity contribution in [1.82, 2.24) is 0 Å². The molecule has 0 radical (unpaired) electrons. The minimum absolute atomic E-state index is 0.0881. The molecular formula is C33H62O16. The quantitative estimate of drug-likeness (QED) is 0.0508. The van der Waals surface area contributed by atoms with E-state index in [-0.39, 0.29) is 13.2 Å². The maximum absolute atomic E-state index is 11.5. The van der Waals surface area contributed by atoms with E-state index in [0.29, 0.717) is 152 Å². The summed E-state index contributed by atoms with van der Waals surface area (Å²) in [6.45, 7) is 19.2. The molecule has 0 rings (SSSR count). The van der Waals surface area contributed by atoms with Crippen molar-refractivity contribution in [2.45, 2.75) is 26.4 Å². The predicted octanol–water partition coefficient (Wildman–Crippen LogP) is 1.26. The van der Waals surface area contributed by atoms with Gasteiger partial charge in [0.15, 0.2) is 0 Å². The summed E-state index contributed by atoms with van der Waals surface area (Å²) in [6, 6.07) is 0. The van der Waals surface area contributed by atoms with Gasteiger partial charge in [-0.25, -0.2) is 9.59 Å². The number of hydrogen-bond acceptors (Lipinski definition) is 16. The van der Waals surface area contributed by atoms with Crippen molar-refractivity contribution in [2.24, 2.45) is 0 Å². The molecule has 0 aromatic heterocycles. The number of esters is 2. The van der Waals surface area contributed by atoms with Crippen LogP contribution in [0, 0.1) is 0 Å². The van der Waals surface area contributed by atoms with E-state index >= 15 is 0 Å². The Hall–Kier alpha value is -1.80. The van der Waals surface area contributed by atoms with E-state index in [9.17, 15) is 9.59 Å². The largest absolute Gasteiger partial charge is 0.460 e. The zero-order valence-electron chi connectivity index (χ0n) is 30.0. The van der Waals surface area contributed by atoms with Gasteiger partial charge in [-0.05, 0) is 20.8 Å². The van der Waals surface area contributed by atoms with Gasteiger partial charge in [-0.15, -0.1) is 0 Å². The molecule has 16 heteroatoms. The molecule has 0 bridgehead atoms. The first-order valence-corrected chi connectivity index (χ1v) is 16.8. The van der Waals surface area contributed by atoms with Gasteiger partial charge in [0, 0.05) is 6.08 Å². The Morgan fingerprint density at radius 3 is 0.857 bits per heavy atom. The Morgan fingerprint density at radius 1 is 0.408 bits per heavy atom. The van der Waals surface area contributed by atoms with Crippen molar-refractivity contribution < 1.29 is 75.9 Å². The Morgan fingerprint density at radius 2 is 0.633 bits per heavy atom. The SMILES string of the molecule is C=CC(=O)OCCOCCOCCOCCOCCOCCOCCOCCOCCOCCOCCOCCOCC(=O)OC(C)(C)C. The summed E-state index contributed by atoms with van der Waals surface area (Å²) in [5, 5.41) is 0. The third-order valence-electron chi connectivity index (χ3n) is 5.37. The van der Waals surface area contributed by atoms with E-state index in [4.69, 9.17) is 66.3 Å². The van der Waals surface area contributed by atoms with Crippen molar-refractivity contribution in [3.63, 3.8) is 0 Å². The molecule has 0 saturated heterocycles. The number of hydrogen-bond donors (Lipinski definition) is 0. The number of carbonyl (C=O) groups excluding carboxylic acids is 2. The molecule has 0 amide bonds. The first-order chi connectivity index (χ1) is 23.8. The molecule has 0 saturated carbocycles. The topological polar surface area (TPSA) is 163 Å². The lowest BCUT2D eigenvalue weighted by Gasteiger charge is -2.19. The molecule has 0 heterocycles. The highest BCUT2D eigenvalue weighted by atomic mass is 16.6. The van der Waals surface area contributed by atoms with E-state index < -0.39 is 17.5 Å². The van der Waals surface area contributed by atoms with Gasteiger partial charge in [0.05, 0.1) is 152 Å². The van der Waals surface area contributed by atoms with Crippen LogP contribution in [-0.4, -0.2) is 183 Å². The normalized spacial score (nSPS) is 11.6. The third-order valence-corrected chi connectivity index (χ3v) is 5.37. The Balaban J connectivity index is 3.10. The van der Waals surface area contributed by atoms with Crippen LogP contribution in [0.5, 0.6) is 0 Å². The molecule has 0 fully saturated rings. The van der Waals surface area contributed by atoms with E-state index in [1.54, 1.807) is 0 Å². The minimum Gasteiger partial charge on any atom is -0.460 e. The maximum atomic E-state index is 11.5. The second-order valence-corrected chi connectivity index (χ2v) is 10.7. The molecule has 0 aromatic rings. The van der Waals surface area contributed by atoms with Crippen molar-refractivity contribution in [3.05, 3.63) is 12.7 Å². The van der Waals surface area contributed by atoms with Gasteiger partial charge in [-0.2, -0.15) is 0 Å². The fourth-order valence-electron chi connectivity index (χ4n) is 3.21. The van der Waals surface area contributed by atoms with E-state index in [0.717, 1.165) is 6.08 Å².